The van der Waals surface area contributed by atoms with Gasteiger partial charge < -0.3 is 14.4 Å². The Bertz CT molecular complexity index is 1270. The van der Waals surface area contributed by atoms with E-state index < -0.39 is 17.7 Å². The van der Waals surface area contributed by atoms with Gasteiger partial charge in [-0.2, -0.15) is 0 Å². The van der Waals surface area contributed by atoms with Crippen molar-refractivity contribution in [1.82, 2.24) is 9.55 Å². The summed E-state index contributed by atoms with van der Waals surface area (Å²) in [6.45, 7) is 9.48. The third-order valence-corrected chi connectivity index (χ3v) is 5.39. The molecule has 0 aliphatic carbocycles. The first-order valence-electron chi connectivity index (χ1n) is 10.7. The minimum Gasteiger partial charge on any atom is -0.479 e. The van der Waals surface area contributed by atoms with E-state index in [0.717, 1.165) is 33.4 Å². The van der Waals surface area contributed by atoms with Crippen LogP contribution in [0.15, 0.2) is 66.9 Å². The number of carbonyl (C=O) groups is 1. The third-order valence-electron chi connectivity index (χ3n) is 5.39. The molecule has 2 aromatic heterocycles. The fraction of sp³-hybridized carbons (Fsp3) is 0.259. The van der Waals surface area contributed by atoms with Gasteiger partial charge in [0, 0.05) is 34.1 Å². The van der Waals surface area contributed by atoms with Gasteiger partial charge in [-0.3, -0.25) is 0 Å². The number of ether oxygens (including phenoxy) is 1. The molecular formula is C27H28N2O3. The van der Waals surface area contributed by atoms with Crippen LogP contribution in [-0.2, 0) is 9.53 Å². The lowest BCUT2D eigenvalue weighted by Crippen LogP contribution is -2.28. The first kappa shape index (κ1) is 21.8. The van der Waals surface area contributed by atoms with Gasteiger partial charge in [0.1, 0.15) is 5.65 Å². The van der Waals surface area contributed by atoms with E-state index >= 15 is 0 Å². The standard InChI is InChI=1S/C27H28N2O3/c1-17-11-13-19(14-12-17)23-21-15-16-29(20-9-7-6-8-10-20)25(21)28-18(2)22(23)24(26(30)31)32-27(3,4)5/h6-16,24H,1-5H3,(H,30,31). The Morgan fingerprint density at radius 1 is 1.00 bits per heavy atom. The minimum atomic E-state index is -1.14. The van der Waals surface area contributed by atoms with Gasteiger partial charge in [-0.1, -0.05) is 48.0 Å². The number of hydrogen-bond donors (Lipinski definition) is 1. The van der Waals surface area contributed by atoms with Crippen LogP contribution in [0.1, 0.15) is 43.7 Å². The number of aromatic nitrogens is 2. The Morgan fingerprint density at radius 2 is 1.66 bits per heavy atom. The summed E-state index contributed by atoms with van der Waals surface area (Å²) < 4.78 is 8.08. The molecule has 0 aliphatic heterocycles. The largest absolute Gasteiger partial charge is 0.479 e. The zero-order chi connectivity index (χ0) is 23.0. The molecule has 0 aliphatic rings. The quantitative estimate of drug-likeness (QED) is 0.408. The van der Waals surface area contributed by atoms with E-state index in [0.29, 0.717) is 11.3 Å². The molecule has 2 aromatic carbocycles. The van der Waals surface area contributed by atoms with Crippen LogP contribution in [-0.4, -0.2) is 26.2 Å². The number of aliphatic carboxylic acids is 1. The van der Waals surface area contributed by atoms with Crippen LogP contribution in [0, 0.1) is 13.8 Å². The number of pyridine rings is 1. The van der Waals surface area contributed by atoms with E-state index in [1.54, 1.807) is 0 Å². The summed E-state index contributed by atoms with van der Waals surface area (Å²) in [5.41, 5.74) is 5.31. The molecule has 1 atom stereocenters. The van der Waals surface area contributed by atoms with E-state index in [-0.39, 0.29) is 0 Å². The van der Waals surface area contributed by atoms with Crippen LogP contribution in [0.5, 0.6) is 0 Å². The molecule has 0 amide bonds. The van der Waals surface area contributed by atoms with Crippen LogP contribution in [0.3, 0.4) is 0 Å². The Morgan fingerprint density at radius 3 is 2.25 bits per heavy atom. The van der Waals surface area contributed by atoms with E-state index in [4.69, 9.17) is 9.72 Å². The Balaban J connectivity index is 2.05. The zero-order valence-corrected chi connectivity index (χ0v) is 19.1. The number of carboxylic acid groups (broad SMARTS) is 1. The molecule has 2 heterocycles. The third kappa shape index (κ3) is 4.16. The van der Waals surface area contributed by atoms with Crippen LogP contribution in [0.4, 0.5) is 0 Å². The van der Waals surface area contributed by atoms with Crippen molar-refractivity contribution in [1.29, 1.82) is 0 Å². The fourth-order valence-corrected chi connectivity index (χ4v) is 4.01. The summed E-state index contributed by atoms with van der Waals surface area (Å²) in [4.78, 5) is 17.2. The molecule has 0 spiro atoms. The highest BCUT2D eigenvalue weighted by Gasteiger charge is 2.32. The Hall–Kier alpha value is -3.44. The molecule has 0 saturated carbocycles. The number of carboxylic acids is 1. The molecule has 4 aromatic rings. The van der Waals surface area contributed by atoms with Crippen LogP contribution in [0.25, 0.3) is 27.8 Å². The average molecular weight is 429 g/mol. The number of hydrogen-bond acceptors (Lipinski definition) is 3. The highest BCUT2D eigenvalue weighted by Crippen LogP contribution is 2.40. The molecule has 32 heavy (non-hydrogen) atoms. The lowest BCUT2D eigenvalue weighted by Gasteiger charge is -2.28. The van der Waals surface area contributed by atoms with Crippen molar-refractivity contribution in [3.8, 4) is 16.8 Å². The summed E-state index contributed by atoms with van der Waals surface area (Å²) in [7, 11) is 0. The van der Waals surface area contributed by atoms with Gasteiger partial charge in [-0.15, -0.1) is 0 Å². The van der Waals surface area contributed by atoms with Crippen molar-refractivity contribution in [2.24, 2.45) is 0 Å². The molecular weight excluding hydrogens is 400 g/mol. The van der Waals surface area contributed by atoms with Gasteiger partial charge in [0.15, 0.2) is 6.10 Å². The van der Waals surface area contributed by atoms with Crippen molar-refractivity contribution in [2.45, 2.75) is 46.3 Å². The van der Waals surface area contributed by atoms with Crippen molar-refractivity contribution >= 4 is 17.0 Å². The number of benzene rings is 2. The van der Waals surface area contributed by atoms with Gasteiger partial charge in [-0.25, -0.2) is 9.78 Å². The molecule has 0 radical (unpaired) electrons. The first-order valence-corrected chi connectivity index (χ1v) is 10.7. The molecule has 4 rings (SSSR count). The second kappa shape index (κ2) is 8.24. The smallest absolute Gasteiger partial charge is 0.337 e. The topological polar surface area (TPSA) is 64.3 Å². The molecule has 5 nitrogen and oxygen atoms in total. The maximum Gasteiger partial charge on any atom is 0.337 e. The van der Waals surface area contributed by atoms with Crippen molar-refractivity contribution in [3.05, 3.63) is 83.7 Å². The predicted octanol–water partition coefficient (Wildman–Crippen LogP) is 6.25. The Kier molecular flexibility index (Phi) is 5.61. The molecule has 1 unspecified atom stereocenters. The van der Waals surface area contributed by atoms with Crippen molar-refractivity contribution < 1.29 is 14.6 Å². The second-order valence-corrected chi connectivity index (χ2v) is 9.06. The summed E-state index contributed by atoms with van der Waals surface area (Å²) >= 11 is 0. The van der Waals surface area contributed by atoms with Gasteiger partial charge in [-0.05, 0) is 58.4 Å². The average Bonchev–Trinajstić information content (AvgIpc) is 3.15. The van der Waals surface area contributed by atoms with E-state index in [1.165, 1.54) is 0 Å². The molecule has 0 fully saturated rings. The van der Waals surface area contributed by atoms with Gasteiger partial charge in [0.25, 0.3) is 0 Å². The summed E-state index contributed by atoms with van der Waals surface area (Å²) in [6, 6.07) is 20.1. The van der Waals surface area contributed by atoms with Gasteiger partial charge in [0.2, 0.25) is 0 Å². The number of nitrogens with zero attached hydrogens (tertiary/aromatic N) is 2. The van der Waals surface area contributed by atoms with Crippen molar-refractivity contribution in [2.75, 3.05) is 0 Å². The summed E-state index contributed by atoms with van der Waals surface area (Å²) in [5, 5.41) is 11.0. The van der Waals surface area contributed by atoms with E-state index in [2.05, 4.69) is 0 Å². The van der Waals surface area contributed by atoms with Gasteiger partial charge in [0.05, 0.1) is 5.60 Å². The maximum absolute atomic E-state index is 12.4. The zero-order valence-electron chi connectivity index (χ0n) is 19.1. The van der Waals surface area contributed by atoms with Crippen LogP contribution in [0.2, 0.25) is 0 Å². The highest BCUT2D eigenvalue weighted by molar-refractivity contribution is 5.98. The lowest BCUT2D eigenvalue weighted by molar-refractivity contribution is -0.160. The number of para-hydroxylation sites is 1. The molecule has 5 heteroatoms. The van der Waals surface area contributed by atoms with E-state index in [9.17, 15) is 9.90 Å². The van der Waals surface area contributed by atoms with Crippen molar-refractivity contribution in [3.63, 3.8) is 0 Å². The van der Waals surface area contributed by atoms with Crippen LogP contribution < -0.4 is 0 Å². The normalized spacial score (nSPS) is 12.8. The number of fused-ring (bicyclic) bond motifs is 1. The molecule has 0 saturated heterocycles. The number of rotatable bonds is 5. The Labute approximate surface area is 188 Å². The monoisotopic (exact) mass is 428 g/mol. The highest BCUT2D eigenvalue weighted by atomic mass is 16.5. The lowest BCUT2D eigenvalue weighted by atomic mass is 9.92. The molecule has 0 bridgehead atoms. The SMILES string of the molecule is Cc1ccc(-c2c(C(OC(C)(C)C)C(=O)O)c(C)nc3c2ccn3-c2ccccc2)cc1. The summed E-state index contributed by atoms with van der Waals surface area (Å²) in [5.74, 6) is -1.03. The maximum atomic E-state index is 12.4. The van der Waals surface area contributed by atoms with Crippen LogP contribution >= 0.6 is 0 Å². The van der Waals surface area contributed by atoms with Gasteiger partial charge >= 0.3 is 5.97 Å². The minimum absolute atomic E-state index is 0.592. The van der Waals surface area contributed by atoms with E-state index in [1.807, 2.05) is 106 Å². The summed E-state index contributed by atoms with van der Waals surface area (Å²) in [6.07, 6.45) is 0.845. The predicted molar refractivity (Wildman–Crippen MR) is 127 cm³/mol. The fourth-order valence-electron chi connectivity index (χ4n) is 4.01. The second-order valence-electron chi connectivity index (χ2n) is 9.06. The first-order chi connectivity index (χ1) is 15.2. The molecule has 164 valence electrons. The molecule has 1 N–H and O–H groups in total. The number of aryl methyl sites for hydroxylation is 2.